The Balaban J connectivity index is 1.01. The molecule has 0 saturated heterocycles. The fourth-order valence-corrected chi connectivity index (χ4v) is 9.57. The van der Waals surface area contributed by atoms with Crippen LogP contribution in [0.4, 0.5) is 0 Å². The zero-order valence-electron chi connectivity index (χ0n) is 32.2. The predicted octanol–water partition coefficient (Wildman–Crippen LogP) is 12.2. The van der Waals surface area contributed by atoms with E-state index >= 15 is 0 Å². The average Bonchev–Trinajstić information content (AvgIpc) is 4.10. The lowest BCUT2D eigenvalue weighted by Gasteiger charge is -2.11. The molecule has 4 heterocycles. The lowest BCUT2D eigenvalue weighted by atomic mass is 10.0. The van der Waals surface area contributed by atoms with Crippen molar-refractivity contribution in [1.29, 1.82) is 0 Å². The van der Waals surface area contributed by atoms with Crippen LogP contribution in [-0.4, -0.2) is 39.1 Å². The molecule has 1 aliphatic carbocycles. The highest BCUT2D eigenvalue weighted by Gasteiger charge is 2.18. The van der Waals surface area contributed by atoms with Crippen LogP contribution >= 0.6 is 0 Å². The highest BCUT2D eigenvalue weighted by molar-refractivity contribution is 6.13. The topological polar surface area (TPSA) is 77.1 Å². The molecule has 0 atom stereocenters. The fraction of sp³-hybridized carbons (Fsp3) is 0. The molecule has 0 saturated carbocycles. The smallest absolute Gasteiger partial charge is 0.122 e. The summed E-state index contributed by atoms with van der Waals surface area (Å²) in [6, 6.07) is 68.9. The number of benzene rings is 8. The van der Waals surface area contributed by atoms with Crippen molar-refractivity contribution in [3.63, 3.8) is 0 Å². The van der Waals surface area contributed by atoms with Crippen molar-refractivity contribution in [2.75, 3.05) is 0 Å². The number of nitrogens with zero attached hydrogens (tertiary/aromatic N) is 6. The number of hydrogen-bond acceptors (Lipinski definition) is 2. The van der Waals surface area contributed by atoms with E-state index in [1.165, 1.54) is 43.6 Å². The quantitative estimate of drug-likeness (QED) is 0.187. The first-order valence-electron chi connectivity index (χ1n) is 20.2. The summed E-state index contributed by atoms with van der Waals surface area (Å²) in [6.45, 7) is 0. The molecule has 0 bridgehead atoms. The zero-order valence-corrected chi connectivity index (χ0v) is 32.2. The first kappa shape index (κ1) is 32.7. The second-order valence-electron chi connectivity index (χ2n) is 15.4. The molecule has 0 fully saturated rings. The van der Waals surface area contributed by atoms with Gasteiger partial charge in [-0.1, -0.05) is 127 Å². The van der Waals surface area contributed by atoms with Crippen LogP contribution in [0.25, 0.3) is 98.9 Å². The predicted molar refractivity (Wildman–Crippen MR) is 244 cm³/mol. The molecule has 0 unspecified atom stereocenters. The van der Waals surface area contributed by atoms with Gasteiger partial charge in [0.05, 0.1) is 44.1 Å². The maximum Gasteiger partial charge on any atom is 0.122 e. The maximum atomic E-state index is 4.95. The zero-order chi connectivity index (χ0) is 39.3. The van der Waals surface area contributed by atoms with Gasteiger partial charge in [-0.2, -0.15) is 0 Å². The Hall–Kier alpha value is -8.36. The number of aromatic nitrogens is 8. The Morgan fingerprint density at radius 2 is 0.750 bits per heavy atom. The van der Waals surface area contributed by atoms with E-state index in [9.17, 15) is 0 Å². The molecule has 0 spiro atoms. The van der Waals surface area contributed by atoms with Crippen LogP contribution in [0, 0.1) is 10.7 Å². The van der Waals surface area contributed by atoms with Crippen molar-refractivity contribution in [3.05, 3.63) is 205 Å². The van der Waals surface area contributed by atoms with Gasteiger partial charge in [0.2, 0.25) is 0 Å². The van der Waals surface area contributed by atoms with Gasteiger partial charge in [0.1, 0.15) is 11.0 Å². The van der Waals surface area contributed by atoms with Gasteiger partial charge >= 0.3 is 0 Å². The standard InChI is InChI=1S/C52H34N8/c1-3-19-43-41(17-1)49-52(60(55-53-49)36-31-27-34(28-32-36)58-47-23-11-7-15-39(47)40-16-8-12-24-48(40)58)44-20-4-2-18-42(44)50-51(43)59(56-54-50)35-29-25-33(26-30-35)57-45-21-9-5-13-37(45)38-14-6-10-22-46(38)57/h1-32,53,55H. The van der Waals surface area contributed by atoms with Crippen LogP contribution in [0.1, 0.15) is 0 Å². The minimum atomic E-state index is 0.824. The molecule has 8 heteroatoms. The third kappa shape index (κ3) is 4.61. The van der Waals surface area contributed by atoms with E-state index in [2.05, 4.69) is 218 Å². The molecule has 8 nitrogen and oxygen atoms in total. The van der Waals surface area contributed by atoms with E-state index in [1.54, 1.807) is 0 Å². The van der Waals surface area contributed by atoms with Gasteiger partial charge in [-0.15, -0.1) is 5.10 Å². The van der Waals surface area contributed by atoms with Crippen molar-refractivity contribution >= 4 is 76.2 Å². The monoisotopic (exact) mass is 770 g/mol. The molecule has 8 aromatic carbocycles. The van der Waals surface area contributed by atoms with E-state index in [-0.39, 0.29) is 0 Å². The van der Waals surface area contributed by atoms with Gasteiger partial charge < -0.3 is 9.13 Å². The second-order valence-corrected chi connectivity index (χ2v) is 15.4. The molecular formula is C52H34N8. The highest BCUT2D eigenvalue weighted by Crippen LogP contribution is 2.35. The maximum absolute atomic E-state index is 4.95. The molecule has 0 radical (unpaired) electrons. The van der Waals surface area contributed by atoms with Gasteiger partial charge in [-0.3, -0.25) is 5.10 Å². The lowest BCUT2D eigenvalue weighted by Crippen LogP contribution is -2.00. The van der Waals surface area contributed by atoms with Crippen molar-refractivity contribution < 1.29 is 0 Å². The van der Waals surface area contributed by atoms with Crippen LogP contribution in [-0.2, 0) is 0 Å². The molecule has 2 N–H and O–H groups in total. The van der Waals surface area contributed by atoms with E-state index in [0.717, 1.165) is 66.0 Å². The largest absolute Gasteiger partial charge is 0.309 e. The molecule has 0 amide bonds. The number of fused-ring (bicyclic) bond motifs is 13. The van der Waals surface area contributed by atoms with Crippen LogP contribution in [0.15, 0.2) is 194 Å². The number of para-hydroxylation sites is 4. The summed E-state index contributed by atoms with van der Waals surface area (Å²) in [5, 5.41) is 28.0. The Kier molecular flexibility index (Phi) is 6.85. The number of nitrogens with one attached hydrogen (secondary N) is 2. The number of H-pyrrole nitrogens is 2. The number of rotatable bonds is 4. The molecule has 13 rings (SSSR count). The lowest BCUT2D eigenvalue weighted by molar-refractivity contribution is 0.786. The molecular weight excluding hydrogens is 737 g/mol. The summed E-state index contributed by atoms with van der Waals surface area (Å²) in [5.74, 6) is 0. The van der Waals surface area contributed by atoms with E-state index in [0.29, 0.717) is 0 Å². The summed E-state index contributed by atoms with van der Waals surface area (Å²) in [6.07, 6.45) is 0. The van der Waals surface area contributed by atoms with Gasteiger partial charge in [0.25, 0.3) is 0 Å². The average molecular weight is 771 g/mol. The molecule has 11 aromatic rings. The van der Waals surface area contributed by atoms with E-state index in [4.69, 9.17) is 10.3 Å². The van der Waals surface area contributed by atoms with Crippen molar-refractivity contribution in [1.82, 2.24) is 39.1 Å². The normalized spacial score (nSPS) is 12.0. The molecule has 60 heavy (non-hydrogen) atoms. The minimum Gasteiger partial charge on any atom is -0.309 e. The SMILES string of the molecule is c1ccc2c(c1)c1n(-c3ccc(-n4c5ccccc5c5ccccc54)cc3)[nH][nH]c=1c1ccccc1c1c2nnn1-c1ccc(-n2c3ccccc3c3ccccc32)cc1. The van der Waals surface area contributed by atoms with E-state index < -0.39 is 0 Å². The minimum absolute atomic E-state index is 0.824. The molecule has 3 aromatic heterocycles. The summed E-state index contributed by atoms with van der Waals surface area (Å²) in [5.41, 5.74) is 10.6. The third-order valence-corrected chi connectivity index (χ3v) is 12.2. The van der Waals surface area contributed by atoms with Crippen LogP contribution in [0.2, 0.25) is 0 Å². The van der Waals surface area contributed by atoms with Crippen molar-refractivity contribution in [3.8, 4) is 22.7 Å². The van der Waals surface area contributed by atoms with Gasteiger partial charge in [-0.25, -0.2) is 14.6 Å². The number of aromatic amines is 2. The second kappa shape index (κ2) is 12.6. The third-order valence-electron chi connectivity index (χ3n) is 12.2. The van der Waals surface area contributed by atoms with Crippen molar-refractivity contribution in [2.24, 2.45) is 0 Å². The van der Waals surface area contributed by atoms with Crippen LogP contribution in [0.5, 0.6) is 0 Å². The van der Waals surface area contributed by atoms with E-state index in [1.807, 2.05) is 4.68 Å². The van der Waals surface area contributed by atoms with Crippen LogP contribution in [0.3, 0.4) is 0 Å². The first-order valence-corrected chi connectivity index (χ1v) is 20.2. The molecule has 1 aliphatic heterocycles. The molecule has 282 valence electrons. The first-order chi connectivity index (χ1) is 29.8. The van der Waals surface area contributed by atoms with Gasteiger partial charge in [0, 0.05) is 54.5 Å². The van der Waals surface area contributed by atoms with Gasteiger partial charge in [-0.05, 0) is 72.8 Å². The summed E-state index contributed by atoms with van der Waals surface area (Å²) in [4.78, 5) is 0. The Labute approximate surface area is 341 Å². The van der Waals surface area contributed by atoms with Crippen LogP contribution < -0.4 is 0 Å². The number of hydrogen-bond donors (Lipinski definition) is 2. The Morgan fingerprint density at radius 1 is 0.350 bits per heavy atom. The molecule has 2 aliphatic rings. The van der Waals surface area contributed by atoms with Gasteiger partial charge in [0.15, 0.2) is 0 Å². The van der Waals surface area contributed by atoms with Crippen molar-refractivity contribution in [2.45, 2.75) is 0 Å². The summed E-state index contributed by atoms with van der Waals surface area (Å²) in [7, 11) is 0. The summed E-state index contributed by atoms with van der Waals surface area (Å²) >= 11 is 0. The Morgan fingerprint density at radius 3 is 1.27 bits per heavy atom. The highest BCUT2D eigenvalue weighted by atomic mass is 15.4. The fourth-order valence-electron chi connectivity index (χ4n) is 9.57. The Bertz CT molecular complexity index is 3840. The summed E-state index contributed by atoms with van der Waals surface area (Å²) < 4.78 is 8.81.